The quantitative estimate of drug-likeness (QED) is 0.637. The predicted molar refractivity (Wildman–Crippen MR) is 87.4 cm³/mol. The monoisotopic (exact) mass is 335 g/mol. The Morgan fingerprint density at radius 1 is 1.00 bits per heavy atom. The molecule has 21 heavy (non-hydrogen) atoms. The van der Waals surface area contributed by atoms with Gasteiger partial charge in [-0.3, -0.25) is 4.57 Å². The Balaban J connectivity index is 1.77. The molecule has 0 saturated carbocycles. The van der Waals surface area contributed by atoms with E-state index in [1.54, 1.807) is 18.1 Å². The van der Waals surface area contributed by atoms with Crippen LogP contribution in [0, 0.1) is 0 Å². The number of aromatic nitrogens is 3. The van der Waals surface area contributed by atoms with Crippen LogP contribution in [0.4, 0.5) is 0 Å². The van der Waals surface area contributed by atoms with E-state index < -0.39 is 0 Å². The molecule has 0 bridgehead atoms. The van der Waals surface area contributed by atoms with Gasteiger partial charge in [0.05, 0.1) is 10.0 Å². The first-order valence-corrected chi connectivity index (χ1v) is 8.00. The lowest BCUT2D eigenvalue weighted by Crippen LogP contribution is -1.94. The van der Waals surface area contributed by atoms with Crippen LogP contribution in [-0.4, -0.2) is 14.8 Å². The summed E-state index contributed by atoms with van der Waals surface area (Å²) in [4.78, 5) is 0. The second-order valence-corrected chi connectivity index (χ2v) is 6.11. The first-order valence-electron chi connectivity index (χ1n) is 6.26. The SMILES string of the molecule is Clc1ccc(CSc2nncn2-c2ccccc2)cc1Cl. The number of thioether (sulfide) groups is 1. The fourth-order valence-electron chi connectivity index (χ4n) is 1.87. The lowest BCUT2D eigenvalue weighted by molar-refractivity contribution is 0.884. The zero-order valence-electron chi connectivity index (χ0n) is 10.9. The van der Waals surface area contributed by atoms with Gasteiger partial charge in [0.15, 0.2) is 5.16 Å². The number of hydrogen-bond donors (Lipinski definition) is 0. The summed E-state index contributed by atoms with van der Waals surface area (Å²) in [6, 6.07) is 15.6. The van der Waals surface area contributed by atoms with Crippen molar-refractivity contribution in [1.82, 2.24) is 14.8 Å². The topological polar surface area (TPSA) is 30.7 Å². The van der Waals surface area contributed by atoms with Crippen molar-refractivity contribution in [1.29, 1.82) is 0 Å². The first kappa shape index (κ1) is 14.4. The second kappa shape index (κ2) is 6.52. The molecule has 0 N–H and O–H groups in total. The van der Waals surface area contributed by atoms with E-state index in [0.29, 0.717) is 10.0 Å². The van der Waals surface area contributed by atoms with Crippen LogP contribution in [0.1, 0.15) is 5.56 Å². The van der Waals surface area contributed by atoms with Crippen LogP contribution in [0.15, 0.2) is 60.0 Å². The van der Waals surface area contributed by atoms with Gasteiger partial charge < -0.3 is 0 Å². The summed E-state index contributed by atoms with van der Waals surface area (Å²) >= 11 is 13.6. The van der Waals surface area contributed by atoms with Crippen LogP contribution in [0.3, 0.4) is 0 Å². The molecule has 0 spiro atoms. The third kappa shape index (κ3) is 3.40. The molecule has 3 rings (SSSR count). The van der Waals surface area contributed by atoms with E-state index in [9.17, 15) is 0 Å². The van der Waals surface area contributed by atoms with Crippen molar-refractivity contribution in [2.45, 2.75) is 10.9 Å². The van der Waals surface area contributed by atoms with Gasteiger partial charge in [-0.25, -0.2) is 0 Å². The summed E-state index contributed by atoms with van der Waals surface area (Å²) in [5.74, 6) is 0.752. The van der Waals surface area contributed by atoms with E-state index in [4.69, 9.17) is 23.2 Å². The minimum Gasteiger partial charge on any atom is -0.277 e. The van der Waals surface area contributed by atoms with Gasteiger partial charge in [0.25, 0.3) is 0 Å². The van der Waals surface area contributed by atoms with Gasteiger partial charge in [0, 0.05) is 11.4 Å². The average molecular weight is 336 g/mol. The van der Waals surface area contributed by atoms with E-state index in [-0.39, 0.29) is 0 Å². The summed E-state index contributed by atoms with van der Waals surface area (Å²) < 4.78 is 1.96. The molecule has 0 atom stereocenters. The highest BCUT2D eigenvalue weighted by Gasteiger charge is 2.08. The molecule has 3 aromatic rings. The third-order valence-corrected chi connectivity index (χ3v) is 4.66. The minimum absolute atomic E-state index is 0.567. The molecule has 6 heteroatoms. The summed E-state index contributed by atoms with van der Waals surface area (Å²) in [6.07, 6.45) is 1.71. The predicted octanol–water partition coefficient (Wildman–Crippen LogP) is 4.87. The van der Waals surface area contributed by atoms with Gasteiger partial charge in [0.1, 0.15) is 6.33 Å². The Labute approximate surface area is 136 Å². The van der Waals surface area contributed by atoms with Crippen molar-refractivity contribution >= 4 is 35.0 Å². The molecular formula is C15H11Cl2N3S. The maximum atomic E-state index is 6.03. The highest BCUT2D eigenvalue weighted by Crippen LogP contribution is 2.27. The van der Waals surface area contributed by atoms with Crippen LogP contribution >= 0.6 is 35.0 Å². The van der Waals surface area contributed by atoms with Crippen LogP contribution in [0.25, 0.3) is 5.69 Å². The maximum Gasteiger partial charge on any atom is 0.195 e. The number of nitrogens with zero attached hydrogens (tertiary/aromatic N) is 3. The van der Waals surface area contributed by atoms with E-state index in [1.807, 2.05) is 53.1 Å². The molecule has 106 valence electrons. The van der Waals surface area contributed by atoms with Crippen LogP contribution < -0.4 is 0 Å². The first-order chi connectivity index (χ1) is 10.2. The van der Waals surface area contributed by atoms with Crippen molar-refractivity contribution in [3.05, 3.63) is 70.5 Å². The molecule has 3 nitrogen and oxygen atoms in total. The summed E-state index contributed by atoms with van der Waals surface area (Å²) in [7, 11) is 0. The molecule has 0 aliphatic heterocycles. The second-order valence-electron chi connectivity index (χ2n) is 4.36. The van der Waals surface area contributed by atoms with E-state index >= 15 is 0 Å². The smallest absolute Gasteiger partial charge is 0.195 e. The zero-order chi connectivity index (χ0) is 14.7. The van der Waals surface area contributed by atoms with Crippen LogP contribution in [0.5, 0.6) is 0 Å². The standard InChI is InChI=1S/C15H11Cl2N3S/c16-13-7-6-11(8-14(13)17)9-21-15-19-18-10-20(15)12-4-2-1-3-5-12/h1-8,10H,9H2. The zero-order valence-corrected chi connectivity index (χ0v) is 13.2. The molecule has 2 aromatic carbocycles. The summed E-state index contributed by atoms with van der Waals surface area (Å²) in [5.41, 5.74) is 2.14. The maximum absolute atomic E-state index is 6.03. The highest BCUT2D eigenvalue weighted by molar-refractivity contribution is 7.98. The van der Waals surface area contributed by atoms with Crippen molar-refractivity contribution in [3.63, 3.8) is 0 Å². The molecule has 0 fully saturated rings. The fraction of sp³-hybridized carbons (Fsp3) is 0.0667. The number of benzene rings is 2. The Morgan fingerprint density at radius 3 is 2.57 bits per heavy atom. The third-order valence-electron chi connectivity index (χ3n) is 2.90. The molecule has 0 radical (unpaired) electrons. The van der Waals surface area contributed by atoms with Gasteiger partial charge >= 0.3 is 0 Å². The van der Waals surface area contributed by atoms with Crippen LogP contribution in [0.2, 0.25) is 10.0 Å². The summed E-state index contributed by atoms with van der Waals surface area (Å²) in [5, 5.41) is 10.1. The van der Waals surface area contributed by atoms with Crippen molar-refractivity contribution in [3.8, 4) is 5.69 Å². The Hall–Kier alpha value is -1.49. The number of hydrogen-bond acceptors (Lipinski definition) is 3. The van der Waals surface area contributed by atoms with Gasteiger partial charge in [-0.15, -0.1) is 10.2 Å². The largest absolute Gasteiger partial charge is 0.277 e. The van der Waals surface area contributed by atoms with Gasteiger partial charge in [-0.1, -0.05) is 59.2 Å². The lowest BCUT2D eigenvalue weighted by atomic mass is 10.2. The Bertz CT molecular complexity index is 744. The van der Waals surface area contributed by atoms with Gasteiger partial charge in [-0.2, -0.15) is 0 Å². The lowest BCUT2D eigenvalue weighted by Gasteiger charge is -2.06. The highest BCUT2D eigenvalue weighted by atomic mass is 35.5. The molecule has 1 heterocycles. The molecule has 0 unspecified atom stereocenters. The van der Waals surface area contributed by atoms with Crippen molar-refractivity contribution in [2.24, 2.45) is 0 Å². The molecule has 1 aromatic heterocycles. The van der Waals surface area contributed by atoms with Crippen LogP contribution in [-0.2, 0) is 5.75 Å². The number of rotatable bonds is 4. The normalized spacial score (nSPS) is 10.8. The van der Waals surface area contributed by atoms with E-state index in [1.165, 1.54) is 0 Å². The van der Waals surface area contributed by atoms with Crippen molar-refractivity contribution in [2.75, 3.05) is 0 Å². The Kier molecular flexibility index (Phi) is 4.48. The number of halogens is 2. The van der Waals surface area contributed by atoms with E-state index in [2.05, 4.69) is 10.2 Å². The molecule has 0 aliphatic rings. The van der Waals surface area contributed by atoms with Crippen molar-refractivity contribution < 1.29 is 0 Å². The van der Waals surface area contributed by atoms with E-state index in [0.717, 1.165) is 22.2 Å². The Morgan fingerprint density at radius 2 is 1.81 bits per heavy atom. The molecule has 0 amide bonds. The fourth-order valence-corrected chi connectivity index (χ4v) is 3.06. The van der Waals surface area contributed by atoms with Gasteiger partial charge in [-0.05, 0) is 29.8 Å². The average Bonchev–Trinajstić information content (AvgIpc) is 2.98. The molecular weight excluding hydrogens is 325 g/mol. The summed E-state index contributed by atoms with van der Waals surface area (Å²) in [6.45, 7) is 0. The minimum atomic E-state index is 0.567. The molecule has 0 aliphatic carbocycles. The molecule has 0 saturated heterocycles. The van der Waals surface area contributed by atoms with Gasteiger partial charge in [0.2, 0.25) is 0 Å². The number of para-hydroxylation sites is 1.